The molecule has 1 aromatic carbocycles. The molecule has 1 fully saturated rings. The Morgan fingerprint density at radius 1 is 1.25 bits per heavy atom. The summed E-state index contributed by atoms with van der Waals surface area (Å²) < 4.78 is 32.9. The molecule has 0 saturated carbocycles. The van der Waals surface area contributed by atoms with Crippen LogP contribution in [0.25, 0.3) is 11.6 Å². The van der Waals surface area contributed by atoms with Gasteiger partial charge in [-0.2, -0.15) is 8.42 Å². The van der Waals surface area contributed by atoms with E-state index >= 15 is 0 Å². The summed E-state index contributed by atoms with van der Waals surface area (Å²) in [7, 11) is -3.47. The SMILES string of the molecule is CCOC(=O)N1CCC(SC2c3ccc(Cl)cc3C(CCCOS(C)(=O)=O)=Cc3cccnc32)CC1. The molecular weight excluding hydrogens is 520 g/mol. The summed E-state index contributed by atoms with van der Waals surface area (Å²) in [5, 5.41) is 1.02. The lowest BCUT2D eigenvalue weighted by Crippen LogP contribution is -2.39. The average Bonchev–Trinajstić information content (AvgIpc) is 2.96. The van der Waals surface area contributed by atoms with Crippen LogP contribution in [0.4, 0.5) is 4.79 Å². The fraction of sp³-hybridized carbons (Fsp3) is 0.462. The Morgan fingerprint density at radius 2 is 2.03 bits per heavy atom. The summed E-state index contributed by atoms with van der Waals surface area (Å²) in [4.78, 5) is 18.7. The summed E-state index contributed by atoms with van der Waals surface area (Å²) in [6.45, 7) is 3.68. The van der Waals surface area contributed by atoms with Crippen molar-refractivity contribution in [2.45, 2.75) is 43.1 Å². The van der Waals surface area contributed by atoms with Gasteiger partial charge < -0.3 is 9.64 Å². The Kier molecular flexibility index (Phi) is 8.98. The summed E-state index contributed by atoms with van der Waals surface area (Å²) in [5.41, 5.74) is 5.33. The predicted octanol–water partition coefficient (Wildman–Crippen LogP) is 5.79. The van der Waals surface area contributed by atoms with Gasteiger partial charge >= 0.3 is 6.09 Å². The van der Waals surface area contributed by atoms with Crippen LogP contribution in [0.1, 0.15) is 60.2 Å². The molecule has 0 spiro atoms. The van der Waals surface area contributed by atoms with Crippen LogP contribution in [-0.4, -0.2) is 62.2 Å². The highest BCUT2D eigenvalue weighted by molar-refractivity contribution is 8.00. The molecule has 1 unspecified atom stereocenters. The fourth-order valence-electron chi connectivity index (χ4n) is 4.62. The minimum atomic E-state index is -3.47. The zero-order valence-electron chi connectivity index (χ0n) is 20.5. The zero-order chi connectivity index (χ0) is 25.7. The van der Waals surface area contributed by atoms with Crippen LogP contribution < -0.4 is 0 Å². The molecular formula is C26H31ClN2O5S2. The molecule has 1 aliphatic carbocycles. The summed E-state index contributed by atoms with van der Waals surface area (Å²) in [6.07, 6.45) is 7.76. The summed E-state index contributed by atoms with van der Waals surface area (Å²) in [5.74, 6) is 0. The van der Waals surface area contributed by atoms with E-state index in [2.05, 4.69) is 18.2 Å². The van der Waals surface area contributed by atoms with Gasteiger partial charge in [-0.1, -0.05) is 23.7 Å². The number of piperidine rings is 1. The molecule has 4 rings (SSSR count). The number of likely N-dealkylation sites (tertiary alicyclic amines) is 1. The number of thioether (sulfide) groups is 1. The molecule has 1 aliphatic heterocycles. The molecule has 0 N–H and O–H groups in total. The van der Waals surface area contributed by atoms with Crippen molar-refractivity contribution in [1.82, 2.24) is 9.88 Å². The first kappa shape index (κ1) is 27.0. The molecule has 1 atom stereocenters. The smallest absolute Gasteiger partial charge is 0.409 e. The van der Waals surface area contributed by atoms with Crippen LogP contribution in [0.3, 0.4) is 0 Å². The number of fused-ring (bicyclic) bond motifs is 2. The van der Waals surface area contributed by atoms with Crippen LogP contribution in [0.15, 0.2) is 36.5 Å². The molecule has 2 aliphatic rings. The monoisotopic (exact) mass is 550 g/mol. The standard InChI is InChI=1S/C26H31ClN2O5S2/c1-3-33-26(30)29-13-10-21(11-14-29)35-25-22-9-8-20(27)17-23(22)18(7-5-15-34-36(2,31)32)16-19-6-4-12-28-24(19)25/h4,6,8-9,12,16-17,21,25H,3,5,7,10-11,13-15H2,1-2H3. The van der Waals surface area contributed by atoms with Crippen LogP contribution in [0.5, 0.6) is 0 Å². The number of amides is 1. The lowest BCUT2D eigenvalue weighted by atomic mass is 9.95. The summed E-state index contributed by atoms with van der Waals surface area (Å²) in [6, 6.07) is 9.98. The maximum atomic E-state index is 12.1. The third kappa shape index (κ3) is 6.82. The van der Waals surface area contributed by atoms with Crippen molar-refractivity contribution >= 4 is 51.2 Å². The van der Waals surface area contributed by atoms with Gasteiger partial charge in [-0.15, -0.1) is 11.8 Å². The summed E-state index contributed by atoms with van der Waals surface area (Å²) >= 11 is 8.32. The van der Waals surface area contributed by atoms with Gasteiger partial charge in [0.05, 0.1) is 30.4 Å². The van der Waals surface area contributed by atoms with E-state index in [0.717, 1.165) is 47.1 Å². The molecule has 7 nitrogen and oxygen atoms in total. The van der Waals surface area contributed by atoms with E-state index in [1.54, 1.807) is 4.90 Å². The average molecular weight is 551 g/mol. The van der Waals surface area contributed by atoms with Crippen molar-refractivity contribution in [2.24, 2.45) is 0 Å². The highest BCUT2D eigenvalue weighted by atomic mass is 35.5. The van der Waals surface area contributed by atoms with Crippen molar-refractivity contribution < 1.29 is 22.1 Å². The van der Waals surface area contributed by atoms with Gasteiger partial charge in [0, 0.05) is 29.6 Å². The van der Waals surface area contributed by atoms with Gasteiger partial charge in [-0.05, 0) is 79.1 Å². The van der Waals surface area contributed by atoms with Crippen LogP contribution >= 0.6 is 23.4 Å². The number of carbonyl (C=O) groups is 1. The minimum absolute atomic E-state index is 0.00799. The number of allylic oxidation sites excluding steroid dienone is 1. The van der Waals surface area contributed by atoms with Gasteiger partial charge in [0.25, 0.3) is 10.1 Å². The number of pyridine rings is 1. The number of ether oxygens (including phenoxy) is 1. The highest BCUT2D eigenvalue weighted by Gasteiger charge is 2.31. The van der Waals surface area contributed by atoms with Crippen molar-refractivity contribution in [2.75, 3.05) is 32.6 Å². The first-order chi connectivity index (χ1) is 17.2. The first-order valence-electron chi connectivity index (χ1n) is 12.1. The lowest BCUT2D eigenvalue weighted by Gasteiger charge is -2.33. The van der Waals surface area contributed by atoms with Crippen molar-refractivity contribution in [3.8, 4) is 0 Å². The van der Waals surface area contributed by atoms with E-state index in [0.29, 0.717) is 42.8 Å². The van der Waals surface area contributed by atoms with E-state index in [-0.39, 0.29) is 18.0 Å². The quantitative estimate of drug-likeness (QED) is 0.304. The Balaban J connectivity index is 1.59. The number of benzene rings is 1. The Bertz CT molecular complexity index is 1230. The molecule has 36 heavy (non-hydrogen) atoms. The number of halogens is 1. The van der Waals surface area contributed by atoms with Gasteiger partial charge in [0.15, 0.2) is 0 Å². The second-order valence-electron chi connectivity index (χ2n) is 8.91. The minimum Gasteiger partial charge on any atom is -0.450 e. The number of hydrogen-bond acceptors (Lipinski definition) is 7. The van der Waals surface area contributed by atoms with Crippen molar-refractivity contribution in [3.05, 3.63) is 63.9 Å². The third-order valence-electron chi connectivity index (χ3n) is 6.28. The molecule has 10 heteroatoms. The Labute approximate surface area is 222 Å². The Morgan fingerprint density at radius 3 is 2.75 bits per heavy atom. The number of hydrogen-bond donors (Lipinski definition) is 0. The number of rotatable bonds is 8. The second kappa shape index (κ2) is 12.0. The molecule has 1 amide bonds. The topological polar surface area (TPSA) is 85.8 Å². The molecule has 2 aromatic rings. The van der Waals surface area contributed by atoms with Gasteiger partial charge in [-0.25, -0.2) is 4.79 Å². The second-order valence-corrected chi connectivity index (χ2v) is 12.4. The molecule has 2 heterocycles. The third-order valence-corrected chi connectivity index (χ3v) is 8.71. The van der Waals surface area contributed by atoms with Gasteiger partial charge in [0.2, 0.25) is 0 Å². The van der Waals surface area contributed by atoms with E-state index in [9.17, 15) is 13.2 Å². The molecule has 0 bridgehead atoms. The number of carbonyl (C=O) groups excluding carboxylic acids is 1. The largest absolute Gasteiger partial charge is 0.450 e. The van der Waals surface area contributed by atoms with E-state index in [1.165, 1.54) is 0 Å². The van der Waals surface area contributed by atoms with E-state index in [4.69, 9.17) is 25.5 Å². The molecule has 1 saturated heterocycles. The zero-order valence-corrected chi connectivity index (χ0v) is 22.9. The van der Waals surface area contributed by atoms with E-state index in [1.807, 2.05) is 43.1 Å². The number of aromatic nitrogens is 1. The molecule has 0 radical (unpaired) electrons. The fourth-order valence-corrected chi connectivity index (χ4v) is 6.76. The van der Waals surface area contributed by atoms with Crippen LogP contribution in [0.2, 0.25) is 5.02 Å². The molecule has 194 valence electrons. The predicted molar refractivity (Wildman–Crippen MR) is 145 cm³/mol. The number of nitrogens with zero attached hydrogens (tertiary/aromatic N) is 2. The van der Waals surface area contributed by atoms with Crippen LogP contribution in [-0.2, 0) is 19.0 Å². The van der Waals surface area contributed by atoms with E-state index < -0.39 is 10.1 Å². The first-order valence-corrected chi connectivity index (χ1v) is 15.3. The Hall–Kier alpha value is -2.07. The highest BCUT2D eigenvalue weighted by Crippen LogP contribution is 2.47. The lowest BCUT2D eigenvalue weighted by molar-refractivity contribution is 0.100. The maximum absolute atomic E-state index is 12.1. The molecule has 1 aromatic heterocycles. The van der Waals surface area contributed by atoms with Crippen molar-refractivity contribution in [1.29, 1.82) is 0 Å². The van der Waals surface area contributed by atoms with Gasteiger partial charge in [0.1, 0.15) is 0 Å². The maximum Gasteiger partial charge on any atom is 0.409 e. The van der Waals surface area contributed by atoms with Crippen molar-refractivity contribution in [3.63, 3.8) is 0 Å². The van der Waals surface area contributed by atoms with Gasteiger partial charge in [-0.3, -0.25) is 9.17 Å². The normalized spacial score (nSPS) is 18.1. The van der Waals surface area contributed by atoms with Crippen LogP contribution in [0, 0.1) is 0 Å².